The van der Waals surface area contributed by atoms with Gasteiger partial charge in [-0.15, -0.1) is 0 Å². The molecule has 0 aliphatic heterocycles. The average Bonchev–Trinajstić information content (AvgIpc) is 3.02. The number of fused-ring (bicyclic) bond motifs is 1. The number of aromatic amines is 1. The molecule has 2 heterocycles. The van der Waals surface area contributed by atoms with Gasteiger partial charge in [-0.3, -0.25) is 0 Å². The predicted octanol–water partition coefficient (Wildman–Crippen LogP) is 4.30. The van der Waals surface area contributed by atoms with Gasteiger partial charge in [-0.2, -0.15) is 9.97 Å². The second kappa shape index (κ2) is 6.47. The van der Waals surface area contributed by atoms with Crippen molar-refractivity contribution in [3.63, 3.8) is 0 Å². The molecule has 0 unspecified atom stereocenters. The number of nitrogens with one attached hydrogen (secondary N) is 3. The lowest BCUT2D eigenvalue weighted by Crippen LogP contribution is -2.18. The van der Waals surface area contributed by atoms with Gasteiger partial charge < -0.3 is 15.6 Å². The molecule has 0 saturated heterocycles. The standard InChI is InChI=1S/C17H21N5/c1-3-12(4-2)19-16-14-10-11-18-15(14)21-17(22-16)20-13-8-6-5-7-9-13/h5-12H,3-4H2,1-2H3,(H3,18,19,20,21,22). The maximum absolute atomic E-state index is 4.65. The number of nitrogens with zero attached hydrogens (tertiary/aromatic N) is 2. The summed E-state index contributed by atoms with van der Waals surface area (Å²) in [5, 5.41) is 7.79. The van der Waals surface area contributed by atoms with E-state index in [1.807, 2.05) is 42.6 Å². The number of hydrogen-bond acceptors (Lipinski definition) is 4. The quantitative estimate of drug-likeness (QED) is 0.634. The van der Waals surface area contributed by atoms with Gasteiger partial charge in [0, 0.05) is 17.9 Å². The third-order valence-corrected chi connectivity index (χ3v) is 3.77. The molecular weight excluding hydrogens is 274 g/mol. The molecule has 2 aromatic heterocycles. The molecule has 5 heteroatoms. The van der Waals surface area contributed by atoms with Gasteiger partial charge in [0.1, 0.15) is 11.5 Å². The molecule has 0 spiro atoms. The van der Waals surface area contributed by atoms with E-state index < -0.39 is 0 Å². The van der Waals surface area contributed by atoms with Crippen LogP contribution in [0.3, 0.4) is 0 Å². The first-order valence-electron chi connectivity index (χ1n) is 7.74. The number of benzene rings is 1. The van der Waals surface area contributed by atoms with Crippen molar-refractivity contribution in [1.82, 2.24) is 15.0 Å². The van der Waals surface area contributed by atoms with E-state index in [4.69, 9.17) is 0 Å². The van der Waals surface area contributed by atoms with E-state index in [1.54, 1.807) is 0 Å². The fraction of sp³-hybridized carbons (Fsp3) is 0.294. The minimum Gasteiger partial charge on any atom is -0.367 e. The van der Waals surface area contributed by atoms with Crippen molar-refractivity contribution in [2.75, 3.05) is 10.6 Å². The van der Waals surface area contributed by atoms with Crippen LogP contribution in [0.15, 0.2) is 42.6 Å². The summed E-state index contributed by atoms with van der Waals surface area (Å²) < 4.78 is 0. The number of anilines is 3. The van der Waals surface area contributed by atoms with Gasteiger partial charge in [0.25, 0.3) is 0 Å². The fourth-order valence-corrected chi connectivity index (χ4v) is 2.44. The lowest BCUT2D eigenvalue weighted by Gasteiger charge is -2.17. The van der Waals surface area contributed by atoms with Gasteiger partial charge in [-0.25, -0.2) is 0 Å². The van der Waals surface area contributed by atoms with Gasteiger partial charge in [-0.05, 0) is 31.0 Å². The molecule has 3 aromatic rings. The predicted molar refractivity (Wildman–Crippen MR) is 91.6 cm³/mol. The fourth-order valence-electron chi connectivity index (χ4n) is 2.44. The molecule has 3 N–H and O–H groups in total. The Morgan fingerprint density at radius 3 is 2.55 bits per heavy atom. The van der Waals surface area contributed by atoms with Gasteiger partial charge in [0.05, 0.1) is 5.39 Å². The van der Waals surface area contributed by atoms with Crippen LogP contribution in [0.1, 0.15) is 26.7 Å². The molecule has 114 valence electrons. The van der Waals surface area contributed by atoms with Crippen molar-refractivity contribution >= 4 is 28.5 Å². The Morgan fingerprint density at radius 2 is 1.82 bits per heavy atom. The van der Waals surface area contributed by atoms with E-state index in [9.17, 15) is 0 Å². The molecule has 0 bridgehead atoms. The molecule has 0 amide bonds. The third kappa shape index (κ3) is 3.03. The summed E-state index contributed by atoms with van der Waals surface area (Å²) in [6.07, 6.45) is 4.02. The summed E-state index contributed by atoms with van der Waals surface area (Å²) in [5.74, 6) is 1.47. The van der Waals surface area contributed by atoms with Crippen LogP contribution in [0.2, 0.25) is 0 Å². The maximum atomic E-state index is 4.65. The van der Waals surface area contributed by atoms with Crippen molar-refractivity contribution in [3.8, 4) is 0 Å². The highest BCUT2D eigenvalue weighted by Gasteiger charge is 2.12. The minimum absolute atomic E-state index is 0.414. The Kier molecular flexibility index (Phi) is 4.23. The number of H-pyrrole nitrogens is 1. The SMILES string of the molecule is CCC(CC)Nc1nc(Nc2ccccc2)nc2[nH]ccc12. The molecule has 22 heavy (non-hydrogen) atoms. The van der Waals surface area contributed by atoms with Crippen LogP contribution in [0.25, 0.3) is 11.0 Å². The summed E-state index contributed by atoms with van der Waals surface area (Å²) >= 11 is 0. The van der Waals surface area contributed by atoms with Gasteiger partial charge in [-0.1, -0.05) is 32.0 Å². The molecule has 3 rings (SSSR count). The summed E-state index contributed by atoms with van der Waals surface area (Å²) in [5.41, 5.74) is 1.81. The first kappa shape index (κ1) is 14.4. The highest BCUT2D eigenvalue weighted by molar-refractivity contribution is 5.88. The molecule has 0 aliphatic rings. The first-order valence-corrected chi connectivity index (χ1v) is 7.74. The number of aromatic nitrogens is 3. The average molecular weight is 295 g/mol. The molecule has 0 saturated carbocycles. The van der Waals surface area contributed by atoms with Crippen molar-refractivity contribution in [3.05, 3.63) is 42.6 Å². The number of rotatable bonds is 6. The second-order valence-electron chi connectivity index (χ2n) is 5.28. The summed E-state index contributed by atoms with van der Waals surface area (Å²) in [6, 6.07) is 12.4. The molecule has 0 aliphatic carbocycles. The number of para-hydroxylation sites is 1. The van der Waals surface area contributed by atoms with Crippen molar-refractivity contribution in [1.29, 1.82) is 0 Å². The lowest BCUT2D eigenvalue weighted by atomic mass is 10.1. The molecule has 0 fully saturated rings. The Labute approximate surface area is 130 Å². The molecule has 5 nitrogen and oxygen atoms in total. The molecule has 1 aromatic carbocycles. The normalized spacial score (nSPS) is 11.0. The maximum Gasteiger partial charge on any atom is 0.231 e. The highest BCUT2D eigenvalue weighted by Crippen LogP contribution is 2.24. The number of hydrogen-bond donors (Lipinski definition) is 3. The van der Waals surface area contributed by atoms with Crippen LogP contribution in [-0.2, 0) is 0 Å². The lowest BCUT2D eigenvalue weighted by molar-refractivity contribution is 0.669. The second-order valence-corrected chi connectivity index (χ2v) is 5.28. The molecule has 0 atom stereocenters. The zero-order chi connectivity index (χ0) is 15.4. The summed E-state index contributed by atoms with van der Waals surface area (Å²) in [6.45, 7) is 4.36. The topological polar surface area (TPSA) is 65.6 Å². The Hall–Kier alpha value is -2.56. The Balaban J connectivity index is 1.94. The van der Waals surface area contributed by atoms with E-state index >= 15 is 0 Å². The van der Waals surface area contributed by atoms with Crippen LogP contribution in [0.4, 0.5) is 17.5 Å². The van der Waals surface area contributed by atoms with Crippen LogP contribution >= 0.6 is 0 Å². The van der Waals surface area contributed by atoms with Crippen molar-refractivity contribution in [2.24, 2.45) is 0 Å². The van der Waals surface area contributed by atoms with Crippen LogP contribution in [0, 0.1) is 0 Å². The summed E-state index contributed by atoms with van der Waals surface area (Å²) in [4.78, 5) is 12.3. The van der Waals surface area contributed by atoms with E-state index in [0.29, 0.717) is 12.0 Å². The Morgan fingerprint density at radius 1 is 1.05 bits per heavy atom. The van der Waals surface area contributed by atoms with Gasteiger partial charge in [0.15, 0.2) is 0 Å². The summed E-state index contributed by atoms with van der Waals surface area (Å²) in [7, 11) is 0. The van der Waals surface area contributed by atoms with E-state index in [1.165, 1.54) is 0 Å². The largest absolute Gasteiger partial charge is 0.367 e. The van der Waals surface area contributed by atoms with Crippen LogP contribution in [0.5, 0.6) is 0 Å². The van der Waals surface area contributed by atoms with Crippen LogP contribution in [-0.4, -0.2) is 21.0 Å². The van der Waals surface area contributed by atoms with Crippen molar-refractivity contribution in [2.45, 2.75) is 32.7 Å². The van der Waals surface area contributed by atoms with Gasteiger partial charge >= 0.3 is 0 Å². The molecule has 0 radical (unpaired) electrons. The van der Waals surface area contributed by atoms with Crippen LogP contribution < -0.4 is 10.6 Å². The zero-order valence-corrected chi connectivity index (χ0v) is 12.9. The third-order valence-electron chi connectivity index (χ3n) is 3.77. The first-order chi connectivity index (χ1) is 10.8. The zero-order valence-electron chi connectivity index (χ0n) is 12.9. The molecular formula is C17H21N5. The smallest absolute Gasteiger partial charge is 0.231 e. The Bertz CT molecular complexity index is 731. The van der Waals surface area contributed by atoms with Gasteiger partial charge in [0.2, 0.25) is 5.95 Å². The van der Waals surface area contributed by atoms with E-state index in [-0.39, 0.29) is 0 Å². The highest BCUT2D eigenvalue weighted by atomic mass is 15.2. The van der Waals surface area contributed by atoms with E-state index in [2.05, 4.69) is 39.4 Å². The minimum atomic E-state index is 0.414. The van der Waals surface area contributed by atoms with E-state index in [0.717, 1.165) is 35.4 Å². The van der Waals surface area contributed by atoms with Crippen molar-refractivity contribution < 1.29 is 0 Å². The monoisotopic (exact) mass is 295 g/mol.